The number of aryl methyl sites for hydroxylation is 2. The highest BCUT2D eigenvalue weighted by Crippen LogP contribution is 2.25. The number of aliphatic hydroxyl groups is 1. The highest BCUT2D eigenvalue weighted by molar-refractivity contribution is 5.86. The van der Waals surface area contributed by atoms with Crippen molar-refractivity contribution in [1.82, 2.24) is 34.4 Å². The number of anilines is 1. The Morgan fingerprint density at radius 1 is 1.18 bits per heavy atom. The second-order valence-electron chi connectivity index (χ2n) is 9.33. The normalized spacial score (nSPS) is 19.9. The number of nitrogens with one attached hydrogen (secondary N) is 1. The maximum absolute atomic E-state index is 13.4. The molecule has 2 N–H and O–H groups in total. The van der Waals surface area contributed by atoms with Crippen molar-refractivity contribution >= 4 is 23.0 Å². The molecule has 11 nitrogen and oxygen atoms in total. The second-order valence-corrected chi connectivity index (χ2v) is 9.33. The van der Waals surface area contributed by atoms with Crippen LogP contribution >= 0.6 is 0 Å². The van der Waals surface area contributed by atoms with Crippen molar-refractivity contribution in [3.63, 3.8) is 0 Å². The molecule has 3 aromatic heterocycles. The topological polar surface area (TPSA) is 131 Å². The molecule has 4 heterocycles. The standard InChI is InChI=1S/C23H32N8O3/c1-7-31-19(16-8-24-15(4)25-9-16)27-17-10-26-22(29-20(17)31)28-18(23(5,6)33)21(32)30-11-13(2)34-14(3)12-30/h8-10,13-14,18,33H,7,11-12H2,1-6H3,(H,26,28,29)/t13-,14+,18-/m0/s1. The van der Waals surface area contributed by atoms with E-state index in [2.05, 4.69) is 30.2 Å². The fourth-order valence-corrected chi connectivity index (χ4v) is 4.23. The molecular weight excluding hydrogens is 436 g/mol. The van der Waals surface area contributed by atoms with Gasteiger partial charge in [0.25, 0.3) is 0 Å². The number of amides is 1. The Bertz CT molecular complexity index is 1160. The van der Waals surface area contributed by atoms with Crippen LogP contribution < -0.4 is 5.32 Å². The lowest BCUT2D eigenvalue weighted by Gasteiger charge is -2.39. The lowest BCUT2D eigenvalue weighted by molar-refractivity contribution is -0.148. The van der Waals surface area contributed by atoms with E-state index in [0.29, 0.717) is 42.4 Å². The van der Waals surface area contributed by atoms with Crippen LogP contribution in [0.2, 0.25) is 0 Å². The number of nitrogens with zero attached hydrogens (tertiary/aromatic N) is 7. The van der Waals surface area contributed by atoms with Crippen LogP contribution in [0.5, 0.6) is 0 Å². The molecule has 1 fully saturated rings. The van der Waals surface area contributed by atoms with Crippen molar-refractivity contribution in [2.45, 2.75) is 71.9 Å². The number of carbonyl (C=O) groups excluding carboxylic acids is 1. The molecule has 1 amide bonds. The molecule has 0 aromatic carbocycles. The third-order valence-electron chi connectivity index (χ3n) is 5.80. The summed E-state index contributed by atoms with van der Waals surface area (Å²) in [6, 6.07) is -0.939. The van der Waals surface area contributed by atoms with Crippen LogP contribution in [0.15, 0.2) is 18.6 Å². The number of fused-ring (bicyclic) bond motifs is 1. The first-order valence-electron chi connectivity index (χ1n) is 11.5. The summed E-state index contributed by atoms with van der Waals surface area (Å²) in [5.41, 5.74) is 0.659. The van der Waals surface area contributed by atoms with Crippen LogP contribution in [0.1, 0.15) is 40.4 Å². The molecule has 0 saturated carbocycles. The number of hydrogen-bond acceptors (Lipinski definition) is 9. The van der Waals surface area contributed by atoms with Gasteiger partial charge >= 0.3 is 0 Å². The summed E-state index contributed by atoms with van der Waals surface area (Å²) in [4.78, 5) is 37.4. The Morgan fingerprint density at radius 3 is 2.41 bits per heavy atom. The number of aromatic nitrogens is 6. The number of imidazole rings is 1. The molecule has 4 rings (SSSR count). The highest BCUT2D eigenvalue weighted by Gasteiger charge is 2.39. The number of rotatable bonds is 6. The predicted molar refractivity (Wildman–Crippen MR) is 127 cm³/mol. The van der Waals surface area contributed by atoms with Gasteiger partial charge in [0, 0.05) is 32.0 Å². The molecule has 0 unspecified atom stereocenters. The maximum Gasteiger partial charge on any atom is 0.248 e. The molecule has 0 spiro atoms. The van der Waals surface area contributed by atoms with Crippen LogP contribution in [0, 0.1) is 6.92 Å². The summed E-state index contributed by atoms with van der Waals surface area (Å²) in [7, 11) is 0. The molecule has 34 heavy (non-hydrogen) atoms. The fraction of sp³-hybridized carbons (Fsp3) is 0.565. The van der Waals surface area contributed by atoms with E-state index in [1.807, 2.05) is 32.3 Å². The molecule has 182 valence electrons. The van der Waals surface area contributed by atoms with Crippen LogP contribution in [-0.4, -0.2) is 82.3 Å². The summed E-state index contributed by atoms with van der Waals surface area (Å²) < 4.78 is 7.70. The van der Waals surface area contributed by atoms with Crippen LogP contribution in [0.25, 0.3) is 22.6 Å². The quantitative estimate of drug-likeness (QED) is 0.556. The number of carbonyl (C=O) groups is 1. The molecule has 0 radical (unpaired) electrons. The van der Waals surface area contributed by atoms with Crippen LogP contribution in [0.4, 0.5) is 5.95 Å². The number of ether oxygens (including phenoxy) is 1. The number of morpholine rings is 1. The molecule has 0 bridgehead atoms. The van der Waals surface area contributed by atoms with Crippen molar-refractivity contribution in [3.05, 3.63) is 24.4 Å². The van der Waals surface area contributed by atoms with Gasteiger partial charge in [-0.25, -0.2) is 19.9 Å². The Balaban J connectivity index is 1.66. The first kappa shape index (κ1) is 24.0. The molecule has 1 saturated heterocycles. The molecular formula is C23H32N8O3. The first-order valence-corrected chi connectivity index (χ1v) is 11.5. The maximum atomic E-state index is 13.4. The van der Waals surface area contributed by atoms with E-state index in [4.69, 9.17) is 4.74 Å². The first-order chi connectivity index (χ1) is 16.1. The van der Waals surface area contributed by atoms with E-state index in [1.54, 1.807) is 37.3 Å². The van der Waals surface area contributed by atoms with Gasteiger partial charge in [0.15, 0.2) is 5.65 Å². The molecule has 11 heteroatoms. The Kier molecular flexibility index (Phi) is 6.50. The summed E-state index contributed by atoms with van der Waals surface area (Å²) in [5, 5.41) is 13.9. The van der Waals surface area contributed by atoms with Crippen molar-refractivity contribution in [2.24, 2.45) is 0 Å². The lowest BCUT2D eigenvalue weighted by Crippen LogP contribution is -2.58. The highest BCUT2D eigenvalue weighted by atomic mass is 16.5. The summed E-state index contributed by atoms with van der Waals surface area (Å²) >= 11 is 0. The van der Waals surface area contributed by atoms with Gasteiger partial charge < -0.3 is 24.6 Å². The van der Waals surface area contributed by atoms with Gasteiger partial charge in [-0.15, -0.1) is 0 Å². The van der Waals surface area contributed by atoms with E-state index in [-0.39, 0.29) is 24.1 Å². The van der Waals surface area contributed by atoms with E-state index in [9.17, 15) is 9.90 Å². The molecule has 3 aromatic rings. The largest absolute Gasteiger partial charge is 0.388 e. The van der Waals surface area contributed by atoms with E-state index >= 15 is 0 Å². The third-order valence-corrected chi connectivity index (χ3v) is 5.80. The lowest BCUT2D eigenvalue weighted by atomic mass is 9.97. The smallest absolute Gasteiger partial charge is 0.248 e. The minimum Gasteiger partial charge on any atom is -0.388 e. The van der Waals surface area contributed by atoms with Crippen LogP contribution in [-0.2, 0) is 16.1 Å². The predicted octanol–water partition coefficient (Wildman–Crippen LogP) is 1.80. The third kappa shape index (κ3) is 4.85. The molecule has 3 atom stereocenters. The summed E-state index contributed by atoms with van der Waals surface area (Å²) in [5.74, 6) is 1.39. The van der Waals surface area contributed by atoms with E-state index in [0.717, 1.165) is 5.56 Å². The van der Waals surface area contributed by atoms with Crippen LogP contribution in [0.3, 0.4) is 0 Å². The number of hydrogen-bond donors (Lipinski definition) is 2. The zero-order valence-corrected chi connectivity index (χ0v) is 20.5. The van der Waals surface area contributed by atoms with Crippen molar-refractivity contribution < 1.29 is 14.6 Å². The average Bonchev–Trinajstić information content (AvgIpc) is 3.14. The second kappa shape index (κ2) is 9.22. The van der Waals surface area contributed by atoms with Gasteiger partial charge in [-0.3, -0.25) is 4.79 Å². The Hall–Kier alpha value is -3.18. The SMILES string of the molecule is CCn1c(-c2cnc(C)nc2)nc2cnc(N[C@@H](C(=O)N3C[C@@H](C)O[C@@H](C)C3)C(C)(C)O)nc21. The van der Waals surface area contributed by atoms with E-state index < -0.39 is 11.6 Å². The van der Waals surface area contributed by atoms with Gasteiger partial charge in [-0.05, 0) is 41.5 Å². The van der Waals surface area contributed by atoms with Gasteiger partial charge in [0.2, 0.25) is 11.9 Å². The van der Waals surface area contributed by atoms with Gasteiger partial charge in [0.05, 0.1) is 29.6 Å². The Labute approximate surface area is 198 Å². The van der Waals surface area contributed by atoms with Crippen molar-refractivity contribution in [2.75, 3.05) is 18.4 Å². The fourth-order valence-electron chi connectivity index (χ4n) is 4.23. The van der Waals surface area contributed by atoms with Gasteiger partial charge in [-0.2, -0.15) is 4.98 Å². The van der Waals surface area contributed by atoms with Crippen molar-refractivity contribution in [1.29, 1.82) is 0 Å². The molecule has 0 aliphatic carbocycles. The van der Waals surface area contributed by atoms with Gasteiger partial charge in [-0.1, -0.05) is 0 Å². The van der Waals surface area contributed by atoms with E-state index in [1.165, 1.54) is 0 Å². The summed E-state index contributed by atoms with van der Waals surface area (Å²) in [6.07, 6.45) is 4.92. The molecule has 1 aliphatic rings. The Morgan fingerprint density at radius 2 is 1.82 bits per heavy atom. The summed E-state index contributed by atoms with van der Waals surface area (Å²) in [6.45, 7) is 12.4. The zero-order valence-electron chi connectivity index (χ0n) is 20.5. The minimum atomic E-state index is -1.35. The zero-order chi connectivity index (χ0) is 24.6. The monoisotopic (exact) mass is 468 g/mol. The van der Waals surface area contributed by atoms with Crippen molar-refractivity contribution in [3.8, 4) is 11.4 Å². The van der Waals surface area contributed by atoms with Gasteiger partial charge in [0.1, 0.15) is 23.2 Å². The molecule has 1 aliphatic heterocycles. The average molecular weight is 469 g/mol. The minimum absolute atomic E-state index is 0.0779.